The highest BCUT2D eigenvalue weighted by Gasteiger charge is 2.19. The van der Waals surface area contributed by atoms with Gasteiger partial charge in [-0.15, -0.1) is 11.6 Å². The van der Waals surface area contributed by atoms with Crippen molar-refractivity contribution in [2.24, 2.45) is 0 Å². The Morgan fingerprint density at radius 3 is 2.65 bits per heavy atom. The van der Waals surface area contributed by atoms with E-state index in [1.165, 1.54) is 11.6 Å². The summed E-state index contributed by atoms with van der Waals surface area (Å²) in [6.07, 6.45) is 5.60. The molecule has 0 aliphatic carbocycles. The predicted molar refractivity (Wildman–Crippen MR) is 148 cm³/mol. The number of nitriles is 1. The smallest absolute Gasteiger partial charge is 0.248 e. The topological polar surface area (TPSA) is 96.3 Å². The second kappa shape index (κ2) is 12.6. The van der Waals surface area contributed by atoms with Gasteiger partial charge in [0.05, 0.1) is 34.8 Å². The first-order valence-corrected chi connectivity index (χ1v) is 13.1. The van der Waals surface area contributed by atoms with Gasteiger partial charge < -0.3 is 20.1 Å². The van der Waals surface area contributed by atoms with Crippen molar-refractivity contribution < 1.29 is 14.3 Å². The van der Waals surface area contributed by atoms with E-state index in [0.717, 1.165) is 31.7 Å². The normalized spacial score (nSPS) is 14.0. The molecule has 0 unspecified atom stereocenters. The summed E-state index contributed by atoms with van der Waals surface area (Å²) in [5.74, 6) is 0.925. The number of hydrogen-bond donors (Lipinski definition) is 2. The average Bonchev–Trinajstić information content (AvgIpc) is 2.93. The van der Waals surface area contributed by atoms with Crippen LogP contribution in [0.5, 0.6) is 5.75 Å². The van der Waals surface area contributed by atoms with Gasteiger partial charge in [-0.1, -0.05) is 25.1 Å². The molecule has 1 amide bonds. The number of rotatable bonds is 9. The Bertz CT molecular complexity index is 1330. The minimum absolute atomic E-state index is 0.236. The number of hydrogen-bond acceptors (Lipinski definition) is 6. The van der Waals surface area contributed by atoms with Crippen molar-refractivity contribution in [1.82, 2.24) is 4.98 Å². The maximum atomic E-state index is 12.4. The fraction of sp³-hybridized carbons (Fsp3) is 0.345. The van der Waals surface area contributed by atoms with Crippen molar-refractivity contribution in [3.05, 3.63) is 65.4 Å². The van der Waals surface area contributed by atoms with Crippen LogP contribution in [0.2, 0.25) is 0 Å². The fourth-order valence-electron chi connectivity index (χ4n) is 4.56. The van der Waals surface area contributed by atoms with Crippen LogP contribution in [0.25, 0.3) is 10.9 Å². The third-order valence-electron chi connectivity index (χ3n) is 6.40. The van der Waals surface area contributed by atoms with Crippen LogP contribution in [0.1, 0.15) is 49.4 Å². The third kappa shape index (κ3) is 6.22. The van der Waals surface area contributed by atoms with Gasteiger partial charge in [-0.2, -0.15) is 5.26 Å². The Hall–Kier alpha value is -3.60. The lowest BCUT2D eigenvalue weighted by molar-refractivity contribution is -0.111. The van der Waals surface area contributed by atoms with Gasteiger partial charge in [0, 0.05) is 42.3 Å². The summed E-state index contributed by atoms with van der Waals surface area (Å²) in [6.45, 7) is 5.87. The molecule has 0 spiro atoms. The SMILES string of the molecule is CCOc1cc2nc(CC)c(C#N)c(Nc3ccc(C4CCOCC4)cc3)c2cc1NC(=O)/C=C/CCl. The largest absolute Gasteiger partial charge is 0.492 e. The number of aryl methyl sites for hydroxylation is 1. The Morgan fingerprint density at radius 1 is 1.24 bits per heavy atom. The molecule has 8 heteroatoms. The molecule has 0 saturated carbocycles. The number of nitrogens with zero attached hydrogens (tertiary/aromatic N) is 2. The monoisotopic (exact) mass is 518 g/mol. The number of carbonyl (C=O) groups is 1. The molecule has 37 heavy (non-hydrogen) atoms. The second-order valence-electron chi connectivity index (χ2n) is 8.75. The number of pyridine rings is 1. The summed E-state index contributed by atoms with van der Waals surface area (Å²) in [4.78, 5) is 17.2. The van der Waals surface area contributed by atoms with E-state index in [0.29, 0.717) is 58.2 Å². The van der Waals surface area contributed by atoms with E-state index in [-0.39, 0.29) is 11.8 Å². The Morgan fingerprint density at radius 2 is 2.00 bits per heavy atom. The van der Waals surface area contributed by atoms with Crippen LogP contribution in [0.4, 0.5) is 17.1 Å². The van der Waals surface area contributed by atoms with Gasteiger partial charge in [-0.25, -0.2) is 0 Å². The van der Waals surface area contributed by atoms with Crippen molar-refractivity contribution in [1.29, 1.82) is 5.26 Å². The highest BCUT2D eigenvalue weighted by molar-refractivity contribution is 6.19. The van der Waals surface area contributed by atoms with Gasteiger partial charge in [-0.3, -0.25) is 9.78 Å². The van der Waals surface area contributed by atoms with Gasteiger partial charge in [-0.05, 0) is 55.9 Å². The summed E-state index contributed by atoms with van der Waals surface area (Å²) in [5.41, 5.74) is 5.15. The number of allylic oxidation sites excluding steroid dienone is 1. The molecule has 1 fully saturated rings. The number of anilines is 3. The van der Waals surface area contributed by atoms with E-state index in [1.54, 1.807) is 18.2 Å². The number of benzene rings is 2. The first-order valence-electron chi connectivity index (χ1n) is 12.6. The molecule has 2 aromatic carbocycles. The van der Waals surface area contributed by atoms with E-state index in [4.69, 9.17) is 26.1 Å². The Balaban J connectivity index is 1.77. The quantitative estimate of drug-likeness (QED) is 0.250. The van der Waals surface area contributed by atoms with Gasteiger partial charge in [0.1, 0.15) is 11.8 Å². The number of fused-ring (bicyclic) bond motifs is 1. The lowest BCUT2D eigenvalue weighted by Gasteiger charge is -2.22. The molecule has 0 bridgehead atoms. The summed E-state index contributed by atoms with van der Waals surface area (Å²) in [6, 6.07) is 14.3. The zero-order valence-electron chi connectivity index (χ0n) is 21.1. The van der Waals surface area contributed by atoms with Gasteiger partial charge in [0.15, 0.2) is 0 Å². The van der Waals surface area contributed by atoms with Gasteiger partial charge in [0.25, 0.3) is 0 Å². The van der Waals surface area contributed by atoms with E-state index in [2.05, 4.69) is 28.8 Å². The highest BCUT2D eigenvalue weighted by atomic mass is 35.5. The van der Waals surface area contributed by atoms with Gasteiger partial charge >= 0.3 is 0 Å². The maximum Gasteiger partial charge on any atom is 0.248 e. The first-order chi connectivity index (χ1) is 18.1. The number of carbonyl (C=O) groups excluding carboxylic acids is 1. The molecule has 2 N–H and O–H groups in total. The van der Waals surface area contributed by atoms with Crippen LogP contribution in [0.3, 0.4) is 0 Å². The molecule has 1 aliphatic heterocycles. The van der Waals surface area contributed by atoms with Crippen molar-refractivity contribution in [3.8, 4) is 11.8 Å². The van der Waals surface area contributed by atoms with E-state index in [9.17, 15) is 10.1 Å². The van der Waals surface area contributed by atoms with E-state index < -0.39 is 0 Å². The minimum atomic E-state index is -0.321. The molecular weight excluding hydrogens is 488 g/mol. The van der Waals surface area contributed by atoms with Crippen molar-refractivity contribution in [2.45, 2.75) is 39.0 Å². The third-order valence-corrected chi connectivity index (χ3v) is 6.57. The first kappa shape index (κ1) is 26.5. The summed E-state index contributed by atoms with van der Waals surface area (Å²) >= 11 is 5.68. The number of nitrogens with one attached hydrogen (secondary N) is 2. The van der Waals surface area contributed by atoms with Crippen molar-refractivity contribution in [2.75, 3.05) is 36.3 Å². The van der Waals surface area contributed by atoms with Crippen LogP contribution < -0.4 is 15.4 Å². The summed E-state index contributed by atoms with van der Waals surface area (Å²) < 4.78 is 11.3. The minimum Gasteiger partial charge on any atom is -0.492 e. The number of alkyl halides is 1. The molecule has 3 aromatic rings. The molecule has 0 atom stereocenters. The second-order valence-corrected chi connectivity index (χ2v) is 9.06. The Labute approximate surface area is 222 Å². The van der Waals surface area contributed by atoms with Crippen molar-refractivity contribution >= 4 is 45.5 Å². The highest BCUT2D eigenvalue weighted by Crippen LogP contribution is 2.38. The maximum absolute atomic E-state index is 12.4. The number of amides is 1. The molecule has 1 saturated heterocycles. The van der Waals surface area contributed by atoms with E-state index >= 15 is 0 Å². The molecule has 192 valence electrons. The van der Waals surface area contributed by atoms with Crippen LogP contribution in [0.15, 0.2) is 48.6 Å². The Kier molecular flexibility index (Phi) is 8.99. The predicted octanol–water partition coefficient (Wildman–Crippen LogP) is 6.44. The molecule has 4 rings (SSSR count). The fourth-order valence-corrected chi connectivity index (χ4v) is 4.65. The van der Waals surface area contributed by atoms with Crippen molar-refractivity contribution in [3.63, 3.8) is 0 Å². The summed E-state index contributed by atoms with van der Waals surface area (Å²) in [5, 5.41) is 17.1. The summed E-state index contributed by atoms with van der Waals surface area (Å²) in [7, 11) is 0. The molecule has 0 radical (unpaired) electrons. The van der Waals surface area contributed by atoms with Gasteiger partial charge in [0.2, 0.25) is 5.91 Å². The molecule has 1 aliphatic rings. The zero-order chi connectivity index (χ0) is 26.2. The average molecular weight is 519 g/mol. The van der Waals surface area contributed by atoms with E-state index in [1.807, 2.05) is 26.0 Å². The molecule has 1 aromatic heterocycles. The lowest BCUT2D eigenvalue weighted by atomic mass is 9.92. The van der Waals surface area contributed by atoms with Crippen LogP contribution in [0, 0.1) is 11.3 Å². The number of aromatic nitrogens is 1. The number of halogens is 1. The van der Waals surface area contributed by atoms with Crippen LogP contribution in [-0.2, 0) is 16.0 Å². The zero-order valence-corrected chi connectivity index (χ0v) is 21.9. The molecule has 2 heterocycles. The van der Waals surface area contributed by atoms with Crippen LogP contribution >= 0.6 is 11.6 Å². The molecular formula is C29H31ClN4O3. The van der Waals surface area contributed by atoms with Crippen LogP contribution in [-0.4, -0.2) is 36.6 Å². The molecule has 7 nitrogen and oxygen atoms in total. The lowest BCUT2D eigenvalue weighted by Crippen LogP contribution is -2.14. The standard InChI is InChI=1S/C29H31ClN4O3/c1-3-24-23(18-31)29(32-21-9-7-19(8-10-21)20-11-14-36-15-12-20)22-16-26(34-28(35)6-5-13-30)27(37-4-2)17-25(22)33-24/h5-10,16-17,20H,3-4,11-15H2,1-2H3,(H,32,33)(H,34,35)/b6-5+. The number of ether oxygens (including phenoxy) is 2.